The molecule has 0 saturated carbocycles. The van der Waals surface area contributed by atoms with Crippen molar-refractivity contribution in [3.63, 3.8) is 0 Å². The summed E-state index contributed by atoms with van der Waals surface area (Å²) in [6.45, 7) is 3.80. The number of piperidine rings is 1. The van der Waals surface area contributed by atoms with Crippen LogP contribution >= 0.6 is 0 Å². The molecule has 2 aromatic rings. The van der Waals surface area contributed by atoms with Gasteiger partial charge in [0.1, 0.15) is 17.3 Å². The van der Waals surface area contributed by atoms with Gasteiger partial charge in [0.2, 0.25) is 5.78 Å². The van der Waals surface area contributed by atoms with E-state index in [4.69, 9.17) is 9.47 Å². The number of carbonyl (C=O) groups excluding carboxylic acids is 1. The number of nitrogens with zero attached hydrogens (tertiary/aromatic N) is 2. The molecule has 2 aromatic carbocycles. The highest BCUT2D eigenvalue weighted by atomic mass is 19.1. The molecule has 4 rings (SSSR count). The zero-order valence-electron chi connectivity index (χ0n) is 17.9. The Morgan fingerprint density at radius 1 is 1.13 bits per heavy atom. The predicted octanol–water partition coefficient (Wildman–Crippen LogP) is 4.50. The van der Waals surface area contributed by atoms with Crippen molar-refractivity contribution in [3.05, 3.63) is 71.9 Å². The number of Topliss-reactive ketones (excluding diaryl/α,β-unsaturated/α-hetero) is 1. The van der Waals surface area contributed by atoms with E-state index in [-0.39, 0.29) is 11.6 Å². The maximum atomic E-state index is 12.9. The number of carbonyl (C=O) groups is 1. The van der Waals surface area contributed by atoms with Crippen molar-refractivity contribution in [2.24, 2.45) is 0 Å². The van der Waals surface area contributed by atoms with Crippen molar-refractivity contribution in [1.82, 2.24) is 9.80 Å². The van der Waals surface area contributed by atoms with E-state index in [9.17, 15) is 9.18 Å². The predicted molar refractivity (Wildman–Crippen MR) is 118 cm³/mol. The summed E-state index contributed by atoms with van der Waals surface area (Å²) in [4.78, 5) is 17.1. The van der Waals surface area contributed by atoms with Gasteiger partial charge in [0.05, 0.1) is 12.2 Å². The first-order valence-corrected chi connectivity index (χ1v) is 11.0. The quantitative estimate of drug-likeness (QED) is 0.461. The van der Waals surface area contributed by atoms with Crippen molar-refractivity contribution >= 4 is 5.78 Å². The molecule has 31 heavy (non-hydrogen) atoms. The van der Waals surface area contributed by atoms with Gasteiger partial charge in [0, 0.05) is 32.4 Å². The largest absolute Gasteiger partial charge is 0.494 e. The maximum Gasteiger partial charge on any atom is 0.233 e. The van der Waals surface area contributed by atoms with E-state index in [0.717, 1.165) is 45.3 Å². The number of para-hydroxylation sites is 1. The second-order valence-corrected chi connectivity index (χ2v) is 8.17. The number of likely N-dealkylation sites (tertiary alicyclic amines) is 1. The van der Waals surface area contributed by atoms with Gasteiger partial charge in [-0.2, -0.15) is 0 Å². The van der Waals surface area contributed by atoms with Crippen LogP contribution in [-0.4, -0.2) is 54.9 Å². The molecule has 2 aliphatic heterocycles. The van der Waals surface area contributed by atoms with E-state index in [2.05, 4.69) is 9.80 Å². The van der Waals surface area contributed by atoms with E-state index in [1.807, 2.05) is 37.5 Å². The summed E-state index contributed by atoms with van der Waals surface area (Å²) in [7, 11) is 2.03. The molecule has 0 bridgehead atoms. The van der Waals surface area contributed by atoms with E-state index >= 15 is 0 Å². The van der Waals surface area contributed by atoms with E-state index in [0.29, 0.717) is 35.5 Å². The third-order valence-corrected chi connectivity index (χ3v) is 5.98. The van der Waals surface area contributed by atoms with E-state index in [1.54, 1.807) is 12.1 Å². The van der Waals surface area contributed by atoms with Gasteiger partial charge in [-0.05, 0) is 68.6 Å². The van der Waals surface area contributed by atoms with E-state index in [1.165, 1.54) is 12.1 Å². The highest BCUT2D eigenvalue weighted by Crippen LogP contribution is 2.31. The molecule has 0 N–H and O–H groups in total. The van der Waals surface area contributed by atoms with Crippen LogP contribution in [0.1, 0.15) is 36.0 Å². The second-order valence-electron chi connectivity index (χ2n) is 8.17. The number of fused-ring (bicyclic) bond motifs is 1. The van der Waals surface area contributed by atoms with Crippen molar-refractivity contribution in [3.8, 4) is 11.5 Å². The van der Waals surface area contributed by atoms with Crippen LogP contribution in [-0.2, 0) is 0 Å². The molecule has 0 amide bonds. The molecule has 5 nitrogen and oxygen atoms in total. The van der Waals surface area contributed by atoms with Crippen molar-refractivity contribution in [1.29, 1.82) is 0 Å². The third kappa shape index (κ3) is 5.44. The molecular weight excluding hydrogens is 395 g/mol. The lowest BCUT2D eigenvalue weighted by atomic mass is 10.0. The fourth-order valence-corrected chi connectivity index (χ4v) is 4.12. The number of halogens is 1. The molecule has 2 heterocycles. The molecular formula is C25H29FN2O3. The van der Waals surface area contributed by atoms with Gasteiger partial charge in [-0.25, -0.2) is 4.39 Å². The first-order valence-electron chi connectivity index (χ1n) is 11.0. The summed E-state index contributed by atoms with van der Waals surface area (Å²) < 4.78 is 24.3. The average Bonchev–Trinajstić information content (AvgIpc) is 3.10. The van der Waals surface area contributed by atoms with Gasteiger partial charge in [0.25, 0.3) is 0 Å². The van der Waals surface area contributed by atoms with Gasteiger partial charge in [-0.3, -0.25) is 4.79 Å². The zero-order chi connectivity index (χ0) is 21.6. The highest BCUT2D eigenvalue weighted by molar-refractivity contribution is 6.12. The summed E-state index contributed by atoms with van der Waals surface area (Å²) in [6.07, 6.45) is 6.03. The van der Waals surface area contributed by atoms with Crippen LogP contribution in [0.4, 0.5) is 4.39 Å². The highest BCUT2D eigenvalue weighted by Gasteiger charge is 2.28. The lowest BCUT2D eigenvalue weighted by Gasteiger charge is -2.36. The standard InChI is InChI=1S/C25H29FN2O3/c1-27(18-24-25(29)22-6-2-3-7-23(22)31-24)20-12-15-28(16-13-20)14-4-5-17-30-21-10-8-19(26)9-11-21/h2-3,6-11,18,20H,4-5,12-17H2,1H3. The topological polar surface area (TPSA) is 42.0 Å². The van der Waals surface area contributed by atoms with Gasteiger partial charge >= 0.3 is 0 Å². The van der Waals surface area contributed by atoms with Crippen LogP contribution in [0.25, 0.3) is 0 Å². The first kappa shape index (κ1) is 21.4. The summed E-state index contributed by atoms with van der Waals surface area (Å²) in [5.41, 5.74) is 0.639. The Labute approximate surface area is 183 Å². The Kier molecular flexibility index (Phi) is 6.87. The number of hydrogen-bond acceptors (Lipinski definition) is 5. The Morgan fingerprint density at radius 3 is 2.61 bits per heavy atom. The molecule has 6 heteroatoms. The summed E-state index contributed by atoms with van der Waals surface area (Å²) >= 11 is 0. The molecule has 2 aliphatic rings. The van der Waals surface area contributed by atoms with Crippen molar-refractivity contribution < 1.29 is 18.7 Å². The molecule has 164 valence electrons. The average molecular weight is 425 g/mol. The van der Waals surface area contributed by atoms with Crippen LogP contribution < -0.4 is 9.47 Å². The first-order chi connectivity index (χ1) is 15.1. The minimum atomic E-state index is -0.245. The van der Waals surface area contributed by atoms with Crippen LogP contribution in [0.15, 0.2) is 60.5 Å². The van der Waals surface area contributed by atoms with Crippen LogP contribution in [0.3, 0.4) is 0 Å². The summed E-state index contributed by atoms with van der Waals surface area (Å²) in [5, 5.41) is 0. The van der Waals surface area contributed by atoms with Gasteiger partial charge in [0.15, 0.2) is 5.76 Å². The number of allylic oxidation sites excluding steroid dienone is 1. The number of benzene rings is 2. The monoisotopic (exact) mass is 424 g/mol. The fraction of sp³-hybridized carbons (Fsp3) is 0.400. The molecule has 1 saturated heterocycles. The fourth-order valence-electron chi connectivity index (χ4n) is 4.12. The number of unbranched alkanes of at least 4 members (excludes halogenated alkanes) is 1. The van der Waals surface area contributed by atoms with Gasteiger partial charge in [-0.1, -0.05) is 12.1 Å². The number of ether oxygens (including phenoxy) is 2. The third-order valence-electron chi connectivity index (χ3n) is 5.98. The summed E-state index contributed by atoms with van der Waals surface area (Å²) in [6, 6.07) is 13.9. The molecule has 1 fully saturated rings. The van der Waals surface area contributed by atoms with Crippen LogP contribution in [0.2, 0.25) is 0 Å². The van der Waals surface area contributed by atoms with Crippen LogP contribution in [0.5, 0.6) is 11.5 Å². The maximum absolute atomic E-state index is 12.9. The second kappa shape index (κ2) is 9.96. The molecule has 0 atom stereocenters. The molecule has 0 aromatic heterocycles. The number of rotatable bonds is 8. The normalized spacial score (nSPS) is 18.1. The molecule has 0 spiro atoms. The lowest BCUT2D eigenvalue weighted by Crippen LogP contribution is -2.42. The zero-order valence-corrected chi connectivity index (χ0v) is 17.9. The minimum absolute atomic E-state index is 0.0391. The molecule has 0 radical (unpaired) electrons. The van der Waals surface area contributed by atoms with Crippen molar-refractivity contribution in [2.75, 3.05) is 33.3 Å². The van der Waals surface area contributed by atoms with Crippen molar-refractivity contribution in [2.45, 2.75) is 31.7 Å². The smallest absolute Gasteiger partial charge is 0.233 e. The Balaban J connectivity index is 1.15. The van der Waals surface area contributed by atoms with Gasteiger partial charge in [-0.15, -0.1) is 0 Å². The number of hydrogen-bond donors (Lipinski definition) is 0. The summed E-state index contributed by atoms with van der Waals surface area (Å²) in [5.74, 6) is 1.48. The van der Waals surface area contributed by atoms with Crippen LogP contribution in [0, 0.1) is 5.82 Å². The Bertz CT molecular complexity index is 921. The lowest BCUT2D eigenvalue weighted by molar-refractivity contribution is 0.100. The Hall–Kier alpha value is -2.86. The van der Waals surface area contributed by atoms with Gasteiger partial charge < -0.3 is 19.3 Å². The Morgan fingerprint density at radius 2 is 1.87 bits per heavy atom. The minimum Gasteiger partial charge on any atom is -0.494 e. The number of ketones is 1. The molecule has 0 aliphatic carbocycles. The molecule has 0 unspecified atom stereocenters. The van der Waals surface area contributed by atoms with E-state index < -0.39 is 0 Å². The SMILES string of the molecule is CN(C=C1Oc2ccccc2C1=O)C1CCN(CCCCOc2ccc(F)cc2)CC1.